The van der Waals surface area contributed by atoms with E-state index in [9.17, 15) is 17.6 Å². The first kappa shape index (κ1) is 15.1. The number of rotatable bonds is 4. The van der Waals surface area contributed by atoms with Gasteiger partial charge in [0.05, 0.1) is 5.56 Å². The molecule has 0 atom stereocenters. The SMILES string of the molecule is C=Cc1ccc(Bc2c(F)c(F)c(C=C)c(F)c2F)cc1. The molecular weight excluding hydrogens is 279 g/mol. The third kappa shape index (κ3) is 2.77. The van der Waals surface area contributed by atoms with E-state index in [2.05, 4.69) is 13.2 Å². The molecule has 0 aliphatic carbocycles. The highest BCUT2D eigenvalue weighted by atomic mass is 19.2. The van der Waals surface area contributed by atoms with Crippen LogP contribution in [0.4, 0.5) is 17.6 Å². The van der Waals surface area contributed by atoms with Crippen molar-refractivity contribution in [2.24, 2.45) is 0 Å². The van der Waals surface area contributed by atoms with Crippen molar-refractivity contribution in [2.75, 3.05) is 0 Å². The maximum atomic E-state index is 13.9. The molecule has 0 heterocycles. The summed E-state index contributed by atoms with van der Waals surface area (Å²) in [7, 11) is -0.250. The molecule has 2 rings (SSSR count). The molecule has 2 aromatic carbocycles. The lowest BCUT2D eigenvalue weighted by Crippen LogP contribution is -2.34. The molecule has 5 heteroatoms. The Balaban J connectivity index is 2.48. The van der Waals surface area contributed by atoms with Crippen molar-refractivity contribution in [2.45, 2.75) is 0 Å². The van der Waals surface area contributed by atoms with E-state index < -0.39 is 34.3 Å². The molecule has 0 spiro atoms. The van der Waals surface area contributed by atoms with E-state index in [-0.39, 0.29) is 7.28 Å². The molecule has 0 radical (unpaired) electrons. The molecule has 0 fully saturated rings. The highest BCUT2D eigenvalue weighted by Gasteiger charge is 2.24. The van der Waals surface area contributed by atoms with Crippen LogP contribution in [0.2, 0.25) is 0 Å². The minimum atomic E-state index is -1.43. The van der Waals surface area contributed by atoms with Crippen molar-refractivity contribution in [3.05, 3.63) is 71.8 Å². The predicted octanol–water partition coefficient (Wildman–Crippen LogP) is 2.92. The average molecular weight is 290 g/mol. The molecule has 0 saturated heterocycles. The standard InChI is InChI=1S/C16H11BF4/c1-3-9-5-7-10(8-6-9)17-12-15(20)13(18)11(4-2)14(19)16(12)21/h3-8,17H,1-2H2. The van der Waals surface area contributed by atoms with Gasteiger partial charge in [-0.3, -0.25) is 0 Å². The largest absolute Gasteiger partial charge is 0.204 e. The monoisotopic (exact) mass is 290 g/mol. The summed E-state index contributed by atoms with van der Waals surface area (Å²) >= 11 is 0. The van der Waals surface area contributed by atoms with Gasteiger partial charge < -0.3 is 0 Å². The molecular formula is C16H11BF4. The zero-order valence-corrected chi connectivity index (χ0v) is 11.1. The Bertz CT molecular complexity index is 676. The fourth-order valence-corrected chi connectivity index (χ4v) is 2.00. The molecule has 0 saturated carbocycles. The van der Waals surface area contributed by atoms with Crippen LogP contribution >= 0.6 is 0 Å². The van der Waals surface area contributed by atoms with Crippen LogP contribution in [0.5, 0.6) is 0 Å². The average Bonchev–Trinajstić information content (AvgIpc) is 2.51. The van der Waals surface area contributed by atoms with Gasteiger partial charge in [0.2, 0.25) is 0 Å². The Morgan fingerprint density at radius 3 is 1.71 bits per heavy atom. The van der Waals surface area contributed by atoms with Gasteiger partial charge in [0.25, 0.3) is 0 Å². The van der Waals surface area contributed by atoms with Crippen molar-refractivity contribution < 1.29 is 17.6 Å². The van der Waals surface area contributed by atoms with E-state index in [1.807, 2.05) is 0 Å². The first-order valence-electron chi connectivity index (χ1n) is 6.18. The fraction of sp³-hybridized carbons (Fsp3) is 0. The number of halogens is 4. The summed E-state index contributed by atoms with van der Waals surface area (Å²) in [5.74, 6) is -5.64. The zero-order chi connectivity index (χ0) is 15.6. The molecule has 21 heavy (non-hydrogen) atoms. The van der Waals surface area contributed by atoms with E-state index in [1.165, 1.54) is 0 Å². The van der Waals surface area contributed by atoms with Gasteiger partial charge in [-0.2, -0.15) is 0 Å². The van der Waals surface area contributed by atoms with Crippen LogP contribution in [0.1, 0.15) is 11.1 Å². The van der Waals surface area contributed by atoms with Gasteiger partial charge in [-0.15, -0.1) is 0 Å². The van der Waals surface area contributed by atoms with Crippen molar-refractivity contribution in [1.82, 2.24) is 0 Å². The van der Waals surface area contributed by atoms with Gasteiger partial charge in [0.15, 0.2) is 30.5 Å². The van der Waals surface area contributed by atoms with Gasteiger partial charge in [0, 0.05) is 0 Å². The van der Waals surface area contributed by atoms with E-state index in [1.54, 1.807) is 30.3 Å². The van der Waals surface area contributed by atoms with E-state index in [4.69, 9.17) is 0 Å². The van der Waals surface area contributed by atoms with Gasteiger partial charge in [-0.05, 0) is 11.0 Å². The number of hydrogen-bond acceptors (Lipinski definition) is 0. The first-order chi connectivity index (χ1) is 9.99. The van der Waals surface area contributed by atoms with Gasteiger partial charge in [-0.1, -0.05) is 55.0 Å². The lowest BCUT2D eigenvalue weighted by molar-refractivity contribution is 0.460. The lowest BCUT2D eigenvalue weighted by Gasteiger charge is -2.09. The smallest absolute Gasteiger partial charge is 0.200 e. The number of hydrogen-bond donors (Lipinski definition) is 0. The molecule has 106 valence electrons. The van der Waals surface area contributed by atoms with Crippen LogP contribution in [0.3, 0.4) is 0 Å². The Hall–Kier alpha value is -2.30. The third-order valence-corrected chi connectivity index (χ3v) is 3.19. The minimum Gasteiger partial charge on any atom is -0.204 e. The van der Waals surface area contributed by atoms with Crippen LogP contribution in [0.25, 0.3) is 12.2 Å². The zero-order valence-electron chi connectivity index (χ0n) is 11.1. The molecule has 0 amide bonds. The third-order valence-electron chi connectivity index (χ3n) is 3.19. The maximum absolute atomic E-state index is 13.9. The molecule has 0 N–H and O–H groups in total. The molecule has 0 bridgehead atoms. The Morgan fingerprint density at radius 1 is 0.762 bits per heavy atom. The summed E-state index contributed by atoms with van der Waals surface area (Å²) in [6, 6.07) is 6.63. The normalized spacial score (nSPS) is 10.3. The van der Waals surface area contributed by atoms with Crippen molar-refractivity contribution in [1.29, 1.82) is 0 Å². The summed E-state index contributed by atoms with van der Waals surface area (Å²) in [5.41, 5.74) is -0.0691. The summed E-state index contributed by atoms with van der Waals surface area (Å²) in [5, 5.41) is 0. The summed E-state index contributed by atoms with van der Waals surface area (Å²) in [4.78, 5) is 0. The van der Waals surface area contributed by atoms with Crippen molar-refractivity contribution in [3.8, 4) is 0 Å². The second-order valence-corrected chi connectivity index (χ2v) is 4.47. The second-order valence-electron chi connectivity index (χ2n) is 4.47. The van der Waals surface area contributed by atoms with Crippen LogP contribution in [-0.2, 0) is 0 Å². The quantitative estimate of drug-likeness (QED) is 0.461. The maximum Gasteiger partial charge on any atom is 0.200 e. The predicted molar refractivity (Wildman–Crippen MR) is 79.3 cm³/mol. The summed E-state index contributed by atoms with van der Waals surface area (Å²) < 4.78 is 55.1. The van der Waals surface area contributed by atoms with Gasteiger partial charge >= 0.3 is 0 Å². The molecule has 0 aliphatic rings. The van der Waals surface area contributed by atoms with Gasteiger partial charge in [0.1, 0.15) is 0 Å². The van der Waals surface area contributed by atoms with Gasteiger partial charge in [-0.25, -0.2) is 17.6 Å². The number of benzene rings is 2. The molecule has 0 aliphatic heterocycles. The lowest BCUT2D eigenvalue weighted by atomic mass is 9.63. The van der Waals surface area contributed by atoms with Crippen LogP contribution in [-0.4, -0.2) is 7.28 Å². The molecule has 0 aromatic heterocycles. The molecule has 0 nitrogen and oxygen atoms in total. The van der Waals surface area contributed by atoms with Crippen LogP contribution in [0.15, 0.2) is 37.4 Å². The van der Waals surface area contributed by atoms with E-state index >= 15 is 0 Å². The Morgan fingerprint density at radius 2 is 1.29 bits per heavy atom. The summed E-state index contributed by atoms with van der Waals surface area (Å²) in [6.07, 6.45) is 2.36. The Kier molecular flexibility index (Phi) is 4.31. The second kappa shape index (κ2) is 6.00. The first-order valence-corrected chi connectivity index (χ1v) is 6.18. The molecule has 0 unspecified atom stereocenters. The van der Waals surface area contributed by atoms with E-state index in [0.29, 0.717) is 5.46 Å². The van der Waals surface area contributed by atoms with Crippen LogP contribution in [0, 0.1) is 23.3 Å². The van der Waals surface area contributed by atoms with E-state index in [0.717, 1.165) is 11.6 Å². The van der Waals surface area contributed by atoms with Crippen LogP contribution < -0.4 is 10.9 Å². The molecule has 2 aromatic rings. The minimum absolute atomic E-state index is 0.250. The highest BCUT2D eigenvalue weighted by molar-refractivity contribution is 6.67. The summed E-state index contributed by atoms with van der Waals surface area (Å²) in [6.45, 7) is 6.73. The topological polar surface area (TPSA) is 0 Å². The Labute approximate surface area is 120 Å². The van der Waals surface area contributed by atoms with Crippen molar-refractivity contribution in [3.63, 3.8) is 0 Å². The highest BCUT2D eigenvalue weighted by Crippen LogP contribution is 2.18. The fourth-order valence-electron chi connectivity index (χ4n) is 2.00. The van der Waals surface area contributed by atoms with Crippen molar-refractivity contribution >= 4 is 30.4 Å².